The second-order valence-corrected chi connectivity index (χ2v) is 3.24. The summed E-state index contributed by atoms with van der Waals surface area (Å²) in [5.74, 6) is -1.15. The molecule has 1 aliphatic rings. The number of aliphatic hydroxyl groups excluding tert-OH is 1. The number of aliphatic hydroxyl groups is 1. The van der Waals surface area contributed by atoms with Crippen molar-refractivity contribution in [3.05, 3.63) is 0 Å². The van der Waals surface area contributed by atoms with Crippen LogP contribution in [-0.2, 0) is 4.79 Å². The topological polar surface area (TPSA) is 69.6 Å². The first-order valence-corrected chi connectivity index (χ1v) is 4.34. The van der Waals surface area contributed by atoms with E-state index >= 15 is 0 Å². The molecule has 0 radical (unpaired) electrons. The summed E-state index contributed by atoms with van der Waals surface area (Å²) < 4.78 is 0. The van der Waals surface area contributed by atoms with Gasteiger partial charge in [0.2, 0.25) is 0 Å². The van der Waals surface area contributed by atoms with E-state index in [-0.39, 0.29) is 6.54 Å². The van der Waals surface area contributed by atoms with Crippen LogP contribution in [0.3, 0.4) is 0 Å². The molecule has 1 atom stereocenters. The van der Waals surface area contributed by atoms with E-state index in [0.29, 0.717) is 6.04 Å². The van der Waals surface area contributed by atoms with Crippen molar-refractivity contribution in [3.8, 4) is 0 Å². The molecule has 1 saturated carbocycles. The molecule has 0 spiro atoms. The molecule has 1 fully saturated rings. The summed E-state index contributed by atoms with van der Waals surface area (Å²) in [6, 6.07) is 0.416. The molecule has 4 heteroatoms. The Labute approximate surface area is 71.6 Å². The number of carbonyl (C=O) groups is 1. The largest absolute Gasteiger partial charge is 0.479 e. The zero-order chi connectivity index (χ0) is 8.97. The number of hydrogen-bond donors (Lipinski definition) is 3. The lowest BCUT2D eigenvalue weighted by atomic mass is 10.2. The summed E-state index contributed by atoms with van der Waals surface area (Å²) in [7, 11) is 0. The second-order valence-electron chi connectivity index (χ2n) is 3.24. The molecule has 1 aliphatic carbocycles. The summed E-state index contributed by atoms with van der Waals surface area (Å²) in [6.07, 6.45) is 3.37. The maximum Gasteiger partial charge on any atom is 0.333 e. The molecule has 1 rings (SSSR count). The molecular weight excluding hydrogens is 158 g/mol. The molecule has 0 heterocycles. The number of rotatable bonds is 4. The highest BCUT2D eigenvalue weighted by atomic mass is 16.4. The number of carboxylic acid groups (broad SMARTS) is 1. The van der Waals surface area contributed by atoms with Crippen LogP contribution in [0.5, 0.6) is 0 Å². The lowest BCUT2D eigenvalue weighted by Gasteiger charge is -2.12. The fraction of sp³-hybridized carbons (Fsp3) is 0.875. The van der Waals surface area contributed by atoms with Crippen LogP contribution in [0.4, 0.5) is 0 Å². The van der Waals surface area contributed by atoms with Gasteiger partial charge in [0, 0.05) is 12.6 Å². The Kier molecular flexibility index (Phi) is 3.49. The van der Waals surface area contributed by atoms with Gasteiger partial charge in [0.05, 0.1) is 0 Å². The number of nitrogens with one attached hydrogen (secondary N) is 1. The molecule has 0 bridgehead atoms. The molecule has 3 N–H and O–H groups in total. The van der Waals surface area contributed by atoms with Gasteiger partial charge in [0.1, 0.15) is 0 Å². The average molecular weight is 173 g/mol. The maximum absolute atomic E-state index is 10.2. The first kappa shape index (κ1) is 9.48. The van der Waals surface area contributed by atoms with Gasteiger partial charge in [-0.2, -0.15) is 0 Å². The van der Waals surface area contributed by atoms with E-state index in [0.717, 1.165) is 12.8 Å². The molecule has 0 aromatic heterocycles. The van der Waals surface area contributed by atoms with Crippen molar-refractivity contribution < 1.29 is 15.0 Å². The van der Waals surface area contributed by atoms with E-state index in [1.807, 2.05) is 0 Å². The summed E-state index contributed by atoms with van der Waals surface area (Å²) in [4.78, 5) is 10.2. The van der Waals surface area contributed by atoms with Crippen molar-refractivity contribution in [1.29, 1.82) is 0 Å². The second kappa shape index (κ2) is 4.42. The standard InChI is InChI=1S/C8H15NO3/c10-7(8(11)12)5-9-6-3-1-2-4-6/h6-7,9-10H,1-5H2,(H,11,12). The van der Waals surface area contributed by atoms with E-state index < -0.39 is 12.1 Å². The Bertz CT molecular complexity index is 154. The Hall–Kier alpha value is -0.610. The molecule has 0 saturated heterocycles. The smallest absolute Gasteiger partial charge is 0.333 e. The monoisotopic (exact) mass is 173 g/mol. The van der Waals surface area contributed by atoms with Crippen LogP contribution in [0, 0.1) is 0 Å². The quantitative estimate of drug-likeness (QED) is 0.558. The SMILES string of the molecule is O=C(O)C(O)CNC1CCCC1. The highest BCUT2D eigenvalue weighted by Crippen LogP contribution is 2.17. The molecule has 12 heavy (non-hydrogen) atoms. The highest BCUT2D eigenvalue weighted by Gasteiger charge is 2.18. The van der Waals surface area contributed by atoms with Gasteiger partial charge in [-0.15, -0.1) is 0 Å². The van der Waals surface area contributed by atoms with Crippen molar-refractivity contribution >= 4 is 5.97 Å². The third-order valence-electron chi connectivity index (χ3n) is 2.24. The van der Waals surface area contributed by atoms with Gasteiger partial charge in [-0.3, -0.25) is 0 Å². The minimum Gasteiger partial charge on any atom is -0.479 e. The number of hydrogen-bond acceptors (Lipinski definition) is 3. The molecule has 4 nitrogen and oxygen atoms in total. The number of carboxylic acids is 1. The Balaban J connectivity index is 2.11. The lowest BCUT2D eigenvalue weighted by Crippen LogP contribution is -2.37. The third kappa shape index (κ3) is 2.79. The zero-order valence-corrected chi connectivity index (χ0v) is 6.99. The summed E-state index contributed by atoms with van der Waals surface area (Å²) in [5, 5.41) is 20.3. The molecule has 0 amide bonds. The van der Waals surface area contributed by atoms with E-state index in [1.54, 1.807) is 0 Å². The van der Waals surface area contributed by atoms with Crippen LogP contribution in [0.1, 0.15) is 25.7 Å². The Morgan fingerprint density at radius 1 is 1.50 bits per heavy atom. The van der Waals surface area contributed by atoms with Crippen LogP contribution in [0.2, 0.25) is 0 Å². The number of aliphatic carboxylic acids is 1. The van der Waals surface area contributed by atoms with Crippen LogP contribution in [0.25, 0.3) is 0 Å². The minimum absolute atomic E-state index is 0.167. The normalized spacial score (nSPS) is 21.1. The van der Waals surface area contributed by atoms with Crippen LogP contribution < -0.4 is 5.32 Å². The van der Waals surface area contributed by atoms with Gasteiger partial charge in [0.25, 0.3) is 0 Å². The van der Waals surface area contributed by atoms with Crippen molar-refractivity contribution in [1.82, 2.24) is 5.32 Å². The predicted molar refractivity (Wildman–Crippen MR) is 43.9 cm³/mol. The first-order chi connectivity index (χ1) is 5.70. The van der Waals surface area contributed by atoms with Crippen LogP contribution in [-0.4, -0.2) is 34.9 Å². The van der Waals surface area contributed by atoms with Crippen molar-refractivity contribution in [2.45, 2.75) is 37.8 Å². The first-order valence-electron chi connectivity index (χ1n) is 4.34. The molecule has 0 aromatic rings. The maximum atomic E-state index is 10.2. The fourth-order valence-corrected chi connectivity index (χ4v) is 1.50. The van der Waals surface area contributed by atoms with E-state index in [1.165, 1.54) is 12.8 Å². The minimum atomic E-state index is -1.26. The molecule has 1 unspecified atom stereocenters. The Morgan fingerprint density at radius 2 is 2.08 bits per heavy atom. The van der Waals surface area contributed by atoms with Crippen molar-refractivity contribution in [2.24, 2.45) is 0 Å². The van der Waals surface area contributed by atoms with Crippen molar-refractivity contribution in [3.63, 3.8) is 0 Å². The summed E-state index contributed by atoms with van der Waals surface area (Å²) in [5.41, 5.74) is 0. The van der Waals surface area contributed by atoms with Gasteiger partial charge in [-0.1, -0.05) is 12.8 Å². The van der Waals surface area contributed by atoms with Gasteiger partial charge in [-0.05, 0) is 12.8 Å². The van der Waals surface area contributed by atoms with Gasteiger partial charge >= 0.3 is 5.97 Å². The van der Waals surface area contributed by atoms with Gasteiger partial charge in [-0.25, -0.2) is 4.79 Å². The third-order valence-corrected chi connectivity index (χ3v) is 2.24. The predicted octanol–water partition coefficient (Wildman–Crippen LogP) is -0.0359. The fourth-order valence-electron chi connectivity index (χ4n) is 1.50. The zero-order valence-electron chi connectivity index (χ0n) is 6.99. The van der Waals surface area contributed by atoms with Crippen LogP contribution in [0.15, 0.2) is 0 Å². The summed E-state index contributed by atoms with van der Waals surface area (Å²) >= 11 is 0. The van der Waals surface area contributed by atoms with Crippen molar-refractivity contribution in [2.75, 3.05) is 6.54 Å². The van der Waals surface area contributed by atoms with E-state index in [2.05, 4.69) is 5.32 Å². The summed E-state index contributed by atoms with van der Waals surface area (Å²) in [6.45, 7) is 0.167. The van der Waals surface area contributed by atoms with Gasteiger partial charge in [0.15, 0.2) is 6.10 Å². The van der Waals surface area contributed by atoms with Gasteiger partial charge < -0.3 is 15.5 Å². The molecule has 70 valence electrons. The molecule has 0 aromatic carbocycles. The van der Waals surface area contributed by atoms with E-state index in [9.17, 15) is 4.79 Å². The lowest BCUT2D eigenvalue weighted by molar-refractivity contribution is -0.146. The van der Waals surface area contributed by atoms with Crippen LogP contribution >= 0.6 is 0 Å². The average Bonchev–Trinajstić information content (AvgIpc) is 2.51. The highest BCUT2D eigenvalue weighted by molar-refractivity contribution is 5.72. The molecule has 0 aliphatic heterocycles. The molecular formula is C8H15NO3. The Morgan fingerprint density at radius 3 is 2.58 bits per heavy atom. The van der Waals surface area contributed by atoms with E-state index in [4.69, 9.17) is 10.2 Å².